The van der Waals surface area contributed by atoms with Crippen LogP contribution in [0.25, 0.3) is 0 Å². The molecule has 0 radical (unpaired) electrons. The zero-order chi connectivity index (χ0) is 19.0. The average molecular weight is 365 g/mol. The molecule has 0 unspecified atom stereocenters. The van der Waals surface area contributed by atoms with E-state index in [4.69, 9.17) is 0 Å². The molecule has 1 amide bonds. The summed E-state index contributed by atoms with van der Waals surface area (Å²) in [6.45, 7) is 4.41. The van der Waals surface area contributed by atoms with Gasteiger partial charge in [-0.1, -0.05) is 25.1 Å². The summed E-state index contributed by atoms with van der Waals surface area (Å²) in [5.74, 6) is 0.336. The lowest BCUT2D eigenvalue weighted by Gasteiger charge is -2.32. The van der Waals surface area contributed by atoms with Crippen molar-refractivity contribution in [2.45, 2.75) is 26.2 Å². The van der Waals surface area contributed by atoms with Crippen molar-refractivity contribution in [3.63, 3.8) is 0 Å². The number of hydrogen-bond donors (Lipinski definition) is 0. The van der Waals surface area contributed by atoms with Crippen molar-refractivity contribution in [1.29, 1.82) is 0 Å². The number of anilines is 2. The molecule has 1 saturated heterocycles. The van der Waals surface area contributed by atoms with E-state index in [1.54, 1.807) is 17.0 Å². The third-order valence-corrected chi connectivity index (χ3v) is 5.55. The van der Waals surface area contributed by atoms with Crippen molar-refractivity contribution in [2.75, 3.05) is 29.4 Å². The minimum absolute atomic E-state index is 0.0161. The number of benzene rings is 2. The predicted molar refractivity (Wildman–Crippen MR) is 106 cm³/mol. The highest BCUT2D eigenvalue weighted by molar-refractivity contribution is 6.08. The number of para-hydroxylation sites is 1. The van der Waals surface area contributed by atoms with Crippen LogP contribution >= 0.6 is 0 Å². The number of nitro groups is 1. The number of fused-ring (bicyclic) bond motifs is 1. The van der Waals surface area contributed by atoms with Crippen LogP contribution in [0.5, 0.6) is 0 Å². The maximum absolute atomic E-state index is 13.0. The second kappa shape index (κ2) is 7.02. The van der Waals surface area contributed by atoms with Crippen molar-refractivity contribution in [3.05, 3.63) is 63.7 Å². The Labute approximate surface area is 158 Å². The van der Waals surface area contributed by atoms with E-state index in [0.29, 0.717) is 23.7 Å². The first-order chi connectivity index (χ1) is 13.0. The Morgan fingerprint density at radius 1 is 1.15 bits per heavy atom. The van der Waals surface area contributed by atoms with E-state index in [9.17, 15) is 14.9 Å². The lowest BCUT2D eigenvalue weighted by molar-refractivity contribution is -0.384. The number of carbonyl (C=O) groups is 1. The normalized spacial score (nSPS) is 19.1. The molecule has 2 aliphatic rings. The maximum atomic E-state index is 13.0. The monoisotopic (exact) mass is 365 g/mol. The molecule has 2 aliphatic heterocycles. The summed E-state index contributed by atoms with van der Waals surface area (Å²) >= 11 is 0. The van der Waals surface area contributed by atoms with Gasteiger partial charge in [-0.05, 0) is 48.9 Å². The number of rotatable bonds is 3. The second-order valence-corrected chi connectivity index (χ2v) is 7.49. The highest BCUT2D eigenvalue weighted by Crippen LogP contribution is 2.34. The van der Waals surface area contributed by atoms with Gasteiger partial charge in [0.2, 0.25) is 0 Å². The molecule has 1 fully saturated rings. The van der Waals surface area contributed by atoms with Gasteiger partial charge in [0.1, 0.15) is 5.69 Å². The van der Waals surface area contributed by atoms with Gasteiger partial charge in [0.05, 0.1) is 4.92 Å². The molecule has 0 saturated carbocycles. The van der Waals surface area contributed by atoms with E-state index in [0.717, 1.165) is 43.6 Å². The largest absolute Gasteiger partial charge is 0.366 e. The van der Waals surface area contributed by atoms with Crippen LogP contribution in [-0.2, 0) is 6.42 Å². The summed E-state index contributed by atoms with van der Waals surface area (Å²) in [5.41, 5.74) is 3.04. The van der Waals surface area contributed by atoms with Crippen molar-refractivity contribution >= 4 is 23.0 Å². The SMILES string of the molecule is C[C@@H]1CCCN(c2ccc(C(=O)N3CCc4ccccc43)cc2[N+](=O)[O-])C1. The highest BCUT2D eigenvalue weighted by Gasteiger charge is 2.29. The van der Waals surface area contributed by atoms with Crippen molar-refractivity contribution in [3.8, 4) is 0 Å². The third kappa shape index (κ3) is 3.27. The number of nitro benzene ring substituents is 1. The van der Waals surface area contributed by atoms with Crippen LogP contribution in [0.2, 0.25) is 0 Å². The Balaban J connectivity index is 1.65. The smallest absolute Gasteiger partial charge is 0.293 e. The second-order valence-electron chi connectivity index (χ2n) is 7.49. The van der Waals surface area contributed by atoms with E-state index in [2.05, 4.69) is 11.8 Å². The zero-order valence-corrected chi connectivity index (χ0v) is 15.4. The minimum Gasteiger partial charge on any atom is -0.366 e. The van der Waals surface area contributed by atoms with Crippen molar-refractivity contribution < 1.29 is 9.72 Å². The summed E-state index contributed by atoms with van der Waals surface area (Å²) in [5, 5.41) is 11.7. The number of carbonyl (C=O) groups excluding carboxylic acids is 1. The first-order valence-electron chi connectivity index (χ1n) is 9.48. The molecule has 0 N–H and O–H groups in total. The molecular weight excluding hydrogens is 342 g/mol. The molecule has 6 nitrogen and oxygen atoms in total. The number of piperidine rings is 1. The summed E-state index contributed by atoms with van der Waals surface area (Å²) in [4.78, 5) is 28.1. The van der Waals surface area contributed by atoms with Crippen LogP contribution in [-0.4, -0.2) is 30.5 Å². The summed E-state index contributed by atoms with van der Waals surface area (Å²) < 4.78 is 0. The van der Waals surface area contributed by atoms with E-state index in [1.807, 2.05) is 24.3 Å². The van der Waals surface area contributed by atoms with Crippen molar-refractivity contribution in [2.24, 2.45) is 5.92 Å². The van der Waals surface area contributed by atoms with E-state index >= 15 is 0 Å². The molecule has 6 heteroatoms. The lowest BCUT2D eigenvalue weighted by atomic mass is 9.99. The molecule has 2 aromatic rings. The number of amides is 1. The van der Waals surface area contributed by atoms with Gasteiger partial charge in [-0.3, -0.25) is 14.9 Å². The molecule has 140 valence electrons. The Kier molecular flexibility index (Phi) is 4.56. The van der Waals surface area contributed by atoms with E-state index in [-0.39, 0.29) is 16.5 Å². The van der Waals surface area contributed by atoms with Crippen LogP contribution in [0.1, 0.15) is 35.7 Å². The molecule has 0 spiro atoms. The summed E-state index contributed by atoms with van der Waals surface area (Å²) in [6.07, 6.45) is 2.99. The molecule has 2 heterocycles. The molecular formula is C21H23N3O3. The predicted octanol–water partition coefficient (Wildman–Crippen LogP) is 4.03. The van der Waals surface area contributed by atoms with Gasteiger partial charge in [-0.25, -0.2) is 0 Å². The standard InChI is InChI=1S/C21H23N3O3/c1-15-5-4-11-22(14-15)19-9-8-17(13-20(19)24(26)27)21(25)23-12-10-16-6-2-3-7-18(16)23/h2-3,6-9,13,15H,4-5,10-12,14H2,1H3/t15-/m1/s1. The van der Waals surface area contributed by atoms with Gasteiger partial charge < -0.3 is 9.80 Å². The topological polar surface area (TPSA) is 66.7 Å². The number of nitrogens with zero attached hydrogens (tertiary/aromatic N) is 3. The Morgan fingerprint density at radius 3 is 2.74 bits per heavy atom. The molecule has 2 aromatic carbocycles. The highest BCUT2D eigenvalue weighted by atomic mass is 16.6. The van der Waals surface area contributed by atoms with E-state index < -0.39 is 0 Å². The van der Waals surface area contributed by atoms with Crippen LogP contribution in [0.4, 0.5) is 17.1 Å². The van der Waals surface area contributed by atoms with Gasteiger partial charge in [0, 0.05) is 37.0 Å². The molecule has 0 aliphatic carbocycles. The first kappa shape index (κ1) is 17.5. The molecule has 0 aromatic heterocycles. The fourth-order valence-corrected chi connectivity index (χ4v) is 4.18. The van der Waals surface area contributed by atoms with Gasteiger partial charge >= 0.3 is 0 Å². The lowest BCUT2D eigenvalue weighted by Crippen LogP contribution is -2.34. The number of hydrogen-bond acceptors (Lipinski definition) is 4. The van der Waals surface area contributed by atoms with Crippen LogP contribution in [0.3, 0.4) is 0 Å². The van der Waals surface area contributed by atoms with Crippen molar-refractivity contribution in [1.82, 2.24) is 0 Å². The quantitative estimate of drug-likeness (QED) is 0.608. The zero-order valence-electron chi connectivity index (χ0n) is 15.4. The van der Waals surface area contributed by atoms with E-state index in [1.165, 1.54) is 6.07 Å². The maximum Gasteiger partial charge on any atom is 0.293 e. The fourth-order valence-electron chi connectivity index (χ4n) is 4.18. The molecule has 0 bridgehead atoms. The third-order valence-electron chi connectivity index (χ3n) is 5.55. The molecule has 1 atom stereocenters. The average Bonchev–Trinajstić information content (AvgIpc) is 3.11. The van der Waals surface area contributed by atoms with Crippen LogP contribution < -0.4 is 9.80 Å². The van der Waals surface area contributed by atoms with Gasteiger partial charge in [0.25, 0.3) is 11.6 Å². The Bertz CT molecular complexity index is 896. The summed E-state index contributed by atoms with van der Waals surface area (Å²) in [6, 6.07) is 12.7. The fraction of sp³-hybridized carbons (Fsp3) is 0.381. The van der Waals surface area contributed by atoms with Gasteiger partial charge in [-0.2, -0.15) is 0 Å². The first-order valence-corrected chi connectivity index (χ1v) is 9.48. The molecule has 4 rings (SSSR count). The Hall–Kier alpha value is -2.89. The van der Waals surface area contributed by atoms with Gasteiger partial charge in [-0.15, -0.1) is 0 Å². The minimum atomic E-state index is -0.372. The van der Waals surface area contributed by atoms with Gasteiger partial charge in [0.15, 0.2) is 0 Å². The summed E-state index contributed by atoms with van der Waals surface area (Å²) in [7, 11) is 0. The Morgan fingerprint density at radius 2 is 1.96 bits per heavy atom. The van der Waals surface area contributed by atoms with Crippen LogP contribution in [0.15, 0.2) is 42.5 Å². The van der Waals surface area contributed by atoms with Crippen LogP contribution in [0, 0.1) is 16.0 Å². The molecule has 27 heavy (non-hydrogen) atoms.